The molecule has 0 saturated carbocycles. The predicted molar refractivity (Wildman–Crippen MR) is 97.8 cm³/mol. The van der Waals surface area contributed by atoms with Gasteiger partial charge in [-0.25, -0.2) is 9.79 Å². The molecule has 1 aliphatic heterocycles. The average molecular weight is 399 g/mol. The highest BCUT2D eigenvalue weighted by Gasteiger charge is 2.21. The summed E-state index contributed by atoms with van der Waals surface area (Å²) in [5.74, 6) is -0.354. The van der Waals surface area contributed by atoms with Crippen molar-refractivity contribution in [2.75, 3.05) is 0 Å². The van der Waals surface area contributed by atoms with Gasteiger partial charge in [-0.2, -0.15) is 0 Å². The van der Waals surface area contributed by atoms with Gasteiger partial charge in [-0.15, -0.1) is 0 Å². The fourth-order valence-electron chi connectivity index (χ4n) is 2.13. The summed E-state index contributed by atoms with van der Waals surface area (Å²) in [7, 11) is 0. The Morgan fingerprint density at radius 3 is 2.52 bits per heavy atom. The third-order valence-electron chi connectivity index (χ3n) is 3.31. The van der Waals surface area contributed by atoms with Crippen molar-refractivity contribution in [3.05, 3.63) is 86.0 Å². The van der Waals surface area contributed by atoms with Gasteiger partial charge in [0.1, 0.15) is 0 Å². The maximum atomic E-state index is 11.9. The Balaban J connectivity index is 1.77. The zero-order chi connectivity index (χ0) is 17.8. The molecule has 2 aromatic rings. The van der Waals surface area contributed by atoms with E-state index >= 15 is 0 Å². The molecule has 0 saturated heterocycles. The summed E-state index contributed by atoms with van der Waals surface area (Å²) in [6.07, 6.45) is 4.85. The third-order valence-corrected chi connectivity index (χ3v) is 3.80. The van der Waals surface area contributed by atoms with Gasteiger partial charge in [0.05, 0.1) is 4.92 Å². The van der Waals surface area contributed by atoms with E-state index < -0.39 is 10.9 Å². The van der Waals surface area contributed by atoms with Crippen LogP contribution < -0.4 is 0 Å². The Hall–Kier alpha value is -3.06. The van der Waals surface area contributed by atoms with Crippen LogP contribution in [0.25, 0.3) is 12.2 Å². The molecule has 1 heterocycles. The highest BCUT2D eigenvalue weighted by Crippen LogP contribution is 2.19. The molecule has 0 aliphatic carbocycles. The number of carbonyl (C=O) groups excluding carboxylic acids is 1. The summed E-state index contributed by atoms with van der Waals surface area (Å²) < 4.78 is 5.99. The first-order chi connectivity index (χ1) is 12.0. The lowest BCUT2D eigenvalue weighted by atomic mass is 10.2. The van der Waals surface area contributed by atoms with Crippen LogP contribution >= 0.6 is 15.9 Å². The minimum absolute atomic E-state index is 0.0148. The quantitative estimate of drug-likeness (QED) is 0.331. The number of cyclic esters (lactones) is 1. The van der Waals surface area contributed by atoms with Crippen molar-refractivity contribution in [1.82, 2.24) is 0 Å². The molecule has 0 radical (unpaired) electrons. The van der Waals surface area contributed by atoms with E-state index in [1.165, 1.54) is 12.1 Å². The minimum atomic E-state index is -0.525. The predicted octanol–water partition coefficient (Wildman–Crippen LogP) is 4.37. The van der Waals surface area contributed by atoms with Crippen LogP contribution in [0.4, 0.5) is 5.69 Å². The summed E-state index contributed by atoms with van der Waals surface area (Å²) in [6, 6.07) is 13.5. The molecule has 0 N–H and O–H groups in total. The summed E-state index contributed by atoms with van der Waals surface area (Å²) in [6.45, 7) is 0. The Bertz CT molecular complexity index is 930. The van der Waals surface area contributed by atoms with Gasteiger partial charge < -0.3 is 4.74 Å². The van der Waals surface area contributed by atoms with Crippen LogP contribution in [-0.4, -0.2) is 16.8 Å². The molecule has 7 heteroatoms. The highest BCUT2D eigenvalue weighted by molar-refractivity contribution is 9.10. The van der Waals surface area contributed by atoms with Crippen molar-refractivity contribution < 1.29 is 14.5 Å². The van der Waals surface area contributed by atoms with Crippen LogP contribution in [0.1, 0.15) is 11.1 Å². The number of carbonyl (C=O) groups is 1. The van der Waals surface area contributed by atoms with E-state index in [0.29, 0.717) is 0 Å². The van der Waals surface area contributed by atoms with Crippen molar-refractivity contribution in [3.63, 3.8) is 0 Å². The molecule has 0 fully saturated rings. The Morgan fingerprint density at radius 1 is 1.08 bits per heavy atom. The van der Waals surface area contributed by atoms with Crippen molar-refractivity contribution in [3.8, 4) is 0 Å². The highest BCUT2D eigenvalue weighted by atomic mass is 79.9. The average Bonchev–Trinajstić information content (AvgIpc) is 2.93. The number of halogens is 1. The van der Waals surface area contributed by atoms with Gasteiger partial charge in [0.15, 0.2) is 5.70 Å². The number of nitro benzene ring substituents is 1. The summed E-state index contributed by atoms with van der Waals surface area (Å²) in [4.78, 5) is 26.2. The molecule has 0 bridgehead atoms. The normalized spacial score (nSPS) is 15.5. The van der Waals surface area contributed by atoms with Gasteiger partial charge in [-0.05, 0) is 47.5 Å². The molecule has 0 spiro atoms. The van der Waals surface area contributed by atoms with Crippen LogP contribution in [0.3, 0.4) is 0 Å². The van der Waals surface area contributed by atoms with Crippen molar-refractivity contribution in [2.24, 2.45) is 4.99 Å². The minimum Gasteiger partial charge on any atom is -0.403 e. The van der Waals surface area contributed by atoms with Crippen LogP contribution in [0, 0.1) is 10.1 Å². The number of non-ortho nitro benzene ring substituents is 1. The monoisotopic (exact) mass is 398 g/mol. The smallest absolute Gasteiger partial charge is 0.363 e. The van der Waals surface area contributed by atoms with Gasteiger partial charge in [0.2, 0.25) is 5.90 Å². The molecule has 0 aromatic heterocycles. The van der Waals surface area contributed by atoms with E-state index in [4.69, 9.17) is 4.74 Å². The van der Waals surface area contributed by atoms with Crippen LogP contribution in [0.5, 0.6) is 0 Å². The first kappa shape index (κ1) is 16.8. The molecular weight excluding hydrogens is 388 g/mol. The largest absolute Gasteiger partial charge is 0.403 e. The second kappa shape index (κ2) is 7.23. The molecule has 0 atom stereocenters. The van der Waals surface area contributed by atoms with Gasteiger partial charge >= 0.3 is 5.97 Å². The summed E-state index contributed by atoms with van der Waals surface area (Å²) in [5.41, 5.74) is 1.78. The number of benzene rings is 2. The molecule has 0 amide bonds. The van der Waals surface area contributed by atoms with E-state index in [9.17, 15) is 14.9 Å². The van der Waals surface area contributed by atoms with Crippen molar-refractivity contribution in [2.45, 2.75) is 0 Å². The SMILES string of the molecule is O=C1OC(/C=C/c2ccc([N+](=O)[O-])cc2)=NC/1=C/c1cccc(Br)c1. The summed E-state index contributed by atoms with van der Waals surface area (Å²) in [5, 5.41) is 10.6. The molecule has 2 aromatic carbocycles. The van der Waals surface area contributed by atoms with Gasteiger partial charge in [0.25, 0.3) is 5.69 Å². The van der Waals surface area contributed by atoms with E-state index in [0.717, 1.165) is 15.6 Å². The molecular formula is C18H11BrN2O4. The number of ether oxygens (including phenoxy) is 1. The van der Waals surface area contributed by atoms with Crippen LogP contribution in [0.2, 0.25) is 0 Å². The number of hydrogen-bond acceptors (Lipinski definition) is 5. The molecule has 3 rings (SSSR count). The zero-order valence-electron chi connectivity index (χ0n) is 12.8. The molecule has 1 aliphatic rings. The molecule has 25 heavy (non-hydrogen) atoms. The number of rotatable bonds is 4. The molecule has 0 unspecified atom stereocenters. The number of nitrogens with zero attached hydrogens (tertiary/aromatic N) is 2. The second-order valence-electron chi connectivity index (χ2n) is 5.11. The number of hydrogen-bond donors (Lipinski definition) is 0. The maximum absolute atomic E-state index is 11.9. The lowest BCUT2D eigenvalue weighted by molar-refractivity contribution is -0.384. The van der Waals surface area contributed by atoms with Gasteiger partial charge in [0, 0.05) is 22.7 Å². The number of aliphatic imine (C=N–C) groups is 1. The fourth-order valence-corrected chi connectivity index (χ4v) is 2.54. The van der Waals surface area contributed by atoms with Crippen LogP contribution in [0.15, 0.2) is 69.8 Å². The number of esters is 1. The third kappa shape index (κ3) is 4.27. The first-order valence-electron chi connectivity index (χ1n) is 7.22. The topological polar surface area (TPSA) is 81.8 Å². The Labute approximate surface area is 151 Å². The standard InChI is InChI=1S/C18H11BrN2O4/c19-14-3-1-2-13(10-14)11-16-18(22)25-17(20-16)9-6-12-4-7-15(8-5-12)21(23)24/h1-11H/b9-6+,16-11+. The summed E-state index contributed by atoms with van der Waals surface area (Å²) >= 11 is 3.37. The van der Waals surface area contributed by atoms with E-state index in [1.54, 1.807) is 30.4 Å². The Morgan fingerprint density at radius 2 is 1.84 bits per heavy atom. The van der Waals surface area contributed by atoms with Gasteiger partial charge in [-0.1, -0.05) is 28.1 Å². The van der Waals surface area contributed by atoms with E-state index in [1.807, 2.05) is 24.3 Å². The van der Waals surface area contributed by atoms with Crippen LogP contribution in [-0.2, 0) is 9.53 Å². The number of nitro groups is 1. The Kier molecular flexibility index (Phi) is 4.85. The van der Waals surface area contributed by atoms with Crippen molar-refractivity contribution in [1.29, 1.82) is 0 Å². The second-order valence-corrected chi connectivity index (χ2v) is 6.02. The lowest BCUT2D eigenvalue weighted by Crippen LogP contribution is -2.01. The maximum Gasteiger partial charge on any atom is 0.363 e. The molecule has 6 nitrogen and oxygen atoms in total. The zero-order valence-corrected chi connectivity index (χ0v) is 14.3. The lowest BCUT2D eigenvalue weighted by Gasteiger charge is -1.95. The van der Waals surface area contributed by atoms with Crippen molar-refractivity contribution >= 4 is 45.6 Å². The molecule has 124 valence electrons. The van der Waals surface area contributed by atoms with E-state index in [-0.39, 0.29) is 17.3 Å². The van der Waals surface area contributed by atoms with Gasteiger partial charge in [-0.3, -0.25) is 10.1 Å². The van der Waals surface area contributed by atoms with E-state index in [2.05, 4.69) is 20.9 Å². The fraction of sp³-hybridized carbons (Fsp3) is 0. The first-order valence-corrected chi connectivity index (χ1v) is 8.01.